The van der Waals surface area contributed by atoms with Crippen molar-refractivity contribution in [1.29, 1.82) is 0 Å². The largest absolute Gasteiger partial charge is 0.382 e. The first kappa shape index (κ1) is 14.6. The van der Waals surface area contributed by atoms with E-state index in [4.69, 9.17) is 9.47 Å². The zero-order valence-electron chi connectivity index (χ0n) is 9.70. The molecule has 0 radical (unpaired) electrons. The minimum absolute atomic E-state index is 0.0300. The van der Waals surface area contributed by atoms with E-state index < -0.39 is 0 Å². The lowest BCUT2D eigenvalue weighted by Crippen LogP contribution is -2.24. The van der Waals surface area contributed by atoms with Crippen molar-refractivity contribution < 1.29 is 14.3 Å². The van der Waals surface area contributed by atoms with Gasteiger partial charge in [-0.25, -0.2) is 0 Å². The maximum absolute atomic E-state index is 11.6. The second kappa shape index (κ2) is 8.63. The van der Waals surface area contributed by atoms with Gasteiger partial charge in [0.25, 0.3) is 5.91 Å². The van der Waals surface area contributed by atoms with Crippen LogP contribution >= 0.6 is 27.3 Å². The SMILES string of the molecule is COCCOCCCNC(=O)c1ccc(Br)s1. The standard InChI is InChI=1S/C11H16BrNO3S/c1-15-7-8-16-6-2-5-13-11(14)9-3-4-10(12)17-9/h3-4H,2,5-8H2,1H3,(H,13,14). The van der Waals surface area contributed by atoms with Crippen molar-refractivity contribution in [2.75, 3.05) is 33.5 Å². The molecule has 0 spiro atoms. The summed E-state index contributed by atoms with van der Waals surface area (Å²) in [5.74, 6) is -0.0300. The van der Waals surface area contributed by atoms with Crippen molar-refractivity contribution in [2.24, 2.45) is 0 Å². The summed E-state index contributed by atoms with van der Waals surface area (Å²) in [4.78, 5) is 12.3. The van der Waals surface area contributed by atoms with E-state index in [0.717, 1.165) is 15.1 Å². The predicted octanol–water partition coefficient (Wildman–Crippen LogP) is 2.29. The van der Waals surface area contributed by atoms with Gasteiger partial charge in [0.1, 0.15) is 0 Å². The van der Waals surface area contributed by atoms with Crippen LogP contribution in [0.2, 0.25) is 0 Å². The van der Waals surface area contributed by atoms with E-state index in [9.17, 15) is 4.79 Å². The number of hydrogen-bond donors (Lipinski definition) is 1. The van der Waals surface area contributed by atoms with Crippen molar-refractivity contribution in [3.8, 4) is 0 Å². The Balaban J connectivity index is 2.05. The number of nitrogens with one attached hydrogen (secondary N) is 1. The first-order valence-electron chi connectivity index (χ1n) is 5.34. The predicted molar refractivity (Wildman–Crippen MR) is 71.7 cm³/mol. The third kappa shape index (κ3) is 6.16. The van der Waals surface area contributed by atoms with E-state index in [1.54, 1.807) is 13.2 Å². The van der Waals surface area contributed by atoms with Gasteiger partial charge in [0.2, 0.25) is 0 Å². The minimum Gasteiger partial charge on any atom is -0.382 e. The molecule has 0 unspecified atom stereocenters. The molecule has 0 aliphatic heterocycles. The third-order valence-electron chi connectivity index (χ3n) is 1.98. The number of carbonyl (C=O) groups excluding carboxylic acids is 1. The second-order valence-electron chi connectivity index (χ2n) is 3.32. The number of carbonyl (C=O) groups is 1. The summed E-state index contributed by atoms with van der Waals surface area (Å²) in [6.45, 7) is 2.47. The first-order chi connectivity index (χ1) is 8.24. The fourth-order valence-corrected chi connectivity index (χ4v) is 2.45. The van der Waals surface area contributed by atoms with Crippen LogP contribution in [0.3, 0.4) is 0 Å². The first-order valence-corrected chi connectivity index (χ1v) is 6.95. The Labute approximate surface area is 113 Å². The fraction of sp³-hybridized carbons (Fsp3) is 0.545. The molecule has 1 aromatic heterocycles. The molecule has 0 saturated carbocycles. The molecule has 0 fully saturated rings. The second-order valence-corrected chi connectivity index (χ2v) is 5.78. The molecule has 17 heavy (non-hydrogen) atoms. The lowest BCUT2D eigenvalue weighted by atomic mass is 10.4. The monoisotopic (exact) mass is 321 g/mol. The van der Waals surface area contributed by atoms with Crippen molar-refractivity contribution in [2.45, 2.75) is 6.42 Å². The van der Waals surface area contributed by atoms with Gasteiger partial charge < -0.3 is 14.8 Å². The van der Waals surface area contributed by atoms with Gasteiger partial charge in [0, 0.05) is 20.3 Å². The molecule has 1 N–H and O–H groups in total. The van der Waals surface area contributed by atoms with Crippen molar-refractivity contribution in [1.82, 2.24) is 5.32 Å². The van der Waals surface area contributed by atoms with E-state index in [2.05, 4.69) is 21.2 Å². The van der Waals surface area contributed by atoms with Crippen LogP contribution in [-0.4, -0.2) is 39.4 Å². The maximum Gasteiger partial charge on any atom is 0.261 e. The number of ether oxygens (including phenoxy) is 2. The van der Waals surface area contributed by atoms with Crippen molar-refractivity contribution in [3.63, 3.8) is 0 Å². The van der Waals surface area contributed by atoms with E-state index in [1.807, 2.05) is 6.07 Å². The smallest absolute Gasteiger partial charge is 0.261 e. The molecule has 1 amide bonds. The molecule has 6 heteroatoms. The molecule has 1 aromatic rings. The summed E-state index contributed by atoms with van der Waals surface area (Å²) in [7, 11) is 1.64. The molecule has 4 nitrogen and oxygen atoms in total. The van der Waals surface area contributed by atoms with Crippen molar-refractivity contribution in [3.05, 3.63) is 20.8 Å². The number of hydrogen-bond acceptors (Lipinski definition) is 4. The van der Waals surface area contributed by atoms with Crippen molar-refractivity contribution >= 4 is 33.2 Å². The highest BCUT2D eigenvalue weighted by Gasteiger charge is 2.06. The molecule has 96 valence electrons. The number of rotatable bonds is 8. The van der Waals surface area contributed by atoms with E-state index in [-0.39, 0.29) is 5.91 Å². The lowest BCUT2D eigenvalue weighted by Gasteiger charge is -2.04. The van der Waals surface area contributed by atoms with Crippen LogP contribution in [0, 0.1) is 0 Å². The van der Waals surface area contributed by atoms with Crippen LogP contribution in [-0.2, 0) is 9.47 Å². The van der Waals surface area contributed by atoms with E-state index in [0.29, 0.717) is 26.4 Å². The summed E-state index contributed by atoms with van der Waals surface area (Å²) in [5.41, 5.74) is 0. The summed E-state index contributed by atoms with van der Waals surface area (Å²) < 4.78 is 11.1. The van der Waals surface area contributed by atoms with Gasteiger partial charge in [0.15, 0.2) is 0 Å². The third-order valence-corrected chi connectivity index (χ3v) is 3.60. The Kier molecular flexibility index (Phi) is 7.43. The van der Waals surface area contributed by atoms with Crippen LogP contribution in [0.25, 0.3) is 0 Å². The van der Waals surface area contributed by atoms with Gasteiger partial charge in [-0.3, -0.25) is 4.79 Å². The van der Waals surface area contributed by atoms with Gasteiger partial charge >= 0.3 is 0 Å². The molecule has 1 rings (SSSR count). The van der Waals surface area contributed by atoms with Gasteiger partial charge in [-0.1, -0.05) is 0 Å². The molecular weight excluding hydrogens is 306 g/mol. The fourth-order valence-electron chi connectivity index (χ4n) is 1.14. The number of amides is 1. The highest BCUT2D eigenvalue weighted by atomic mass is 79.9. The summed E-state index contributed by atoms with van der Waals surface area (Å²) in [5, 5.41) is 2.84. The molecular formula is C11H16BrNO3S. The Morgan fingerprint density at radius 3 is 2.88 bits per heavy atom. The molecule has 0 atom stereocenters. The van der Waals surface area contributed by atoms with Gasteiger partial charge in [-0.05, 0) is 34.5 Å². The molecule has 0 bridgehead atoms. The molecule has 0 aliphatic rings. The Hall–Kier alpha value is -0.430. The number of methoxy groups -OCH3 is 1. The van der Waals surface area contributed by atoms with Crippen LogP contribution in [0.4, 0.5) is 0 Å². The molecule has 0 aromatic carbocycles. The van der Waals surface area contributed by atoms with Gasteiger partial charge in [0.05, 0.1) is 21.9 Å². The normalized spacial score (nSPS) is 10.5. The average Bonchev–Trinajstić information content (AvgIpc) is 2.74. The Morgan fingerprint density at radius 2 is 2.24 bits per heavy atom. The summed E-state index contributed by atoms with van der Waals surface area (Å²) in [6.07, 6.45) is 0.808. The summed E-state index contributed by atoms with van der Waals surface area (Å²) >= 11 is 4.75. The van der Waals surface area contributed by atoms with Crippen LogP contribution in [0.15, 0.2) is 15.9 Å². The molecule has 0 aliphatic carbocycles. The van der Waals surface area contributed by atoms with Gasteiger partial charge in [-0.2, -0.15) is 0 Å². The highest BCUT2D eigenvalue weighted by Crippen LogP contribution is 2.21. The maximum atomic E-state index is 11.6. The molecule has 0 saturated heterocycles. The minimum atomic E-state index is -0.0300. The lowest BCUT2D eigenvalue weighted by molar-refractivity contribution is 0.0688. The van der Waals surface area contributed by atoms with Gasteiger partial charge in [-0.15, -0.1) is 11.3 Å². The Morgan fingerprint density at radius 1 is 1.41 bits per heavy atom. The topological polar surface area (TPSA) is 47.6 Å². The highest BCUT2D eigenvalue weighted by molar-refractivity contribution is 9.11. The summed E-state index contributed by atoms with van der Waals surface area (Å²) in [6, 6.07) is 3.67. The van der Waals surface area contributed by atoms with Crippen LogP contribution in [0.5, 0.6) is 0 Å². The van der Waals surface area contributed by atoms with Crippen LogP contribution < -0.4 is 5.32 Å². The number of thiophene rings is 1. The van der Waals surface area contributed by atoms with E-state index in [1.165, 1.54) is 11.3 Å². The van der Waals surface area contributed by atoms with Crippen LogP contribution in [0.1, 0.15) is 16.1 Å². The Bertz CT molecular complexity index is 343. The average molecular weight is 322 g/mol. The molecule has 1 heterocycles. The quantitative estimate of drug-likeness (QED) is 0.747. The number of halogens is 1. The zero-order valence-corrected chi connectivity index (χ0v) is 12.1. The zero-order chi connectivity index (χ0) is 12.5. The van der Waals surface area contributed by atoms with E-state index >= 15 is 0 Å².